The number of hydrogen-bond acceptors (Lipinski definition) is 3. The van der Waals surface area contributed by atoms with Crippen molar-refractivity contribution >= 4 is 12.0 Å². The second kappa shape index (κ2) is 6.91. The van der Waals surface area contributed by atoms with Crippen molar-refractivity contribution in [3.63, 3.8) is 0 Å². The van der Waals surface area contributed by atoms with E-state index >= 15 is 0 Å². The van der Waals surface area contributed by atoms with Crippen LogP contribution in [0.15, 0.2) is 30.3 Å². The summed E-state index contributed by atoms with van der Waals surface area (Å²) >= 11 is 0. The Morgan fingerprint density at radius 2 is 1.95 bits per heavy atom. The standard InChI is InChI=1S/C14H18N2O4/c17-13(18)12(11-5-2-1-3-6-11)15-14(19)16-7-4-9-20-10-8-16/h1-3,5-6,12H,4,7-10H2,(H,15,19)(H,17,18)/t12-/m1/s1. The van der Waals surface area contributed by atoms with Gasteiger partial charge in [-0.1, -0.05) is 30.3 Å². The van der Waals surface area contributed by atoms with E-state index in [0.29, 0.717) is 31.9 Å². The van der Waals surface area contributed by atoms with Crippen LogP contribution in [0.4, 0.5) is 4.79 Å². The molecular formula is C14H18N2O4. The van der Waals surface area contributed by atoms with Crippen molar-refractivity contribution in [2.75, 3.05) is 26.3 Å². The Labute approximate surface area is 117 Å². The summed E-state index contributed by atoms with van der Waals surface area (Å²) in [5, 5.41) is 11.8. The molecule has 0 aliphatic carbocycles. The topological polar surface area (TPSA) is 78.9 Å². The quantitative estimate of drug-likeness (QED) is 0.872. The van der Waals surface area contributed by atoms with Gasteiger partial charge in [-0.3, -0.25) is 0 Å². The lowest BCUT2D eigenvalue weighted by Gasteiger charge is -2.23. The first-order chi connectivity index (χ1) is 9.68. The molecule has 108 valence electrons. The average molecular weight is 278 g/mol. The van der Waals surface area contributed by atoms with Gasteiger partial charge in [0.15, 0.2) is 6.04 Å². The third-order valence-electron chi connectivity index (χ3n) is 3.16. The second-order valence-corrected chi connectivity index (χ2v) is 4.58. The minimum atomic E-state index is -1.07. The molecule has 1 saturated heterocycles. The van der Waals surface area contributed by atoms with Crippen molar-refractivity contribution in [3.05, 3.63) is 35.9 Å². The Balaban J connectivity index is 2.04. The van der Waals surface area contributed by atoms with E-state index in [2.05, 4.69) is 5.32 Å². The van der Waals surface area contributed by atoms with Gasteiger partial charge in [0.2, 0.25) is 0 Å². The Hall–Kier alpha value is -2.08. The fourth-order valence-electron chi connectivity index (χ4n) is 2.10. The minimum absolute atomic E-state index is 0.369. The van der Waals surface area contributed by atoms with Crippen molar-refractivity contribution in [3.8, 4) is 0 Å². The molecule has 1 fully saturated rings. The number of amides is 2. The summed E-state index contributed by atoms with van der Waals surface area (Å²) in [5.74, 6) is -1.07. The predicted octanol–water partition coefficient (Wildman–Crippen LogP) is 1.24. The molecule has 0 saturated carbocycles. The van der Waals surface area contributed by atoms with Gasteiger partial charge in [-0.05, 0) is 12.0 Å². The number of carboxylic acids is 1. The molecule has 2 amide bonds. The summed E-state index contributed by atoms with van der Waals surface area (Å²) in [6.07, 6.45) is 0.760. The number of urea groups is 1. The fraction of sp³-hybridized carbons (Fsp3) is 0.429. The third-order valence-corrected chi connectivity index (χ3v) is 3.16. The Kier molecular flexibility index (Phi) is 4.95. The van der Waals surface area contributed by atoms with Crippen LogP contribution in [0, 0.1) is 0 Å². The number of carboxylic acid groups (broad SMARTS) is 1. The van der Waals surface area contributed by atoms with E-state index in [-0.39, 0.29) is 6.03 Å². The van der Waals surface area contributed by atoms with Crippen LogP contribution in [0.25, 0.3) is 0 Å². The molecule has 1 heterocycles. The summed E-state index contributed by atoms with van der Waals surface area (Å²) in [4.78, 5) is 25.1. The molecule has 6 heteroatoms. The lowest BCUT2D eigenvalue weighted by molar-refractivity contribution is -0.139. The van der Waals surface area contributed by atoms with Crippen molar-refractivity contribution in [1.82, 2.24) is 10.2 Å². The van der Waals surface area contributed by atoms with E-state index in [1.54, 1.807) is 35.2 Å². The van der Waals surface area contributed by atoms with Gasteiger partial charge in [-0.2, -0.15) is 0 Å². The third kappa shape index (κ3) is 3.71. The highest BCUT2D eigenvalue weighted by Crippen LogP contribution is 2.13. The van der Waals surface area contributed by atoms with Gasteiger partial charge in [0.25, 0.3) is 0 Å². The highest BCUT2D eigenvalue weighted by atomic mass is 16.5. The molecule has 1 atom stereocenters. The van der Waals surface area contributed by atoms with Crippen molar-refractivity contribution < 1.29 is 19.4 Å². The number of hydrogen-bond donors (Lipinski definition) is 2. The summed E-state index contributed by atoms with van der Waals surface area (Å²) in [6.45, 7) is 2.17. The molecule has 6 nitrogen and oxygen atoms in total. The van der Waals surface area contributed by atoms with Gasteiger partial charge in [-0.25, -0.2) is 9.59 Å². The van der Waals surface area contributed by atoms with Gasteiger partial charge in [-0.15, -0.1) is 0 Å². The van der Waals surface area contributed by atoms with Crippen LogP contribution in [-0.2, 0) is 9.53 Å². The summed E-state index contributed by atoms with van der Waals surface area (Å²) in [5.41, 5.74) is 0.555. The number of benzene rings is 1. The average Bonchev–Trinajstić information content (AvgIpc) is 2.74. The first kappa shape index (κ1) is 14.3. The molecular weight excluding hydrogens is 260 g/mol. The van der Waals surface area contributed by atoms with Crippen LogP contribution in [0.2, 0.25) is 0 Å². The number of ether oxygens (including phenoxy) is 1. The second-order valence-electron chi connectivity index (χ2n) is 4.58. The lowest BCUT2D eigenvalue weighted by atomic mass is 10.1. The normalized spacial score (nSPS) is 17.1. The van der Waals surface area contributed by atoms with E-state index in [1.807, 2.05) is 0 Å². The zero-order valence-electron chi connectivity index (χ0n) is 11.1. The molecule has 0 unspecified atom stereocenters. The highest BCUT2D eigenvalue weighted by molar-refractivity contribution is 5.83. The maximum atomic E-state index is 12.1. The molecule has 1 aromatic rings. The summed E-state index contributed by atoms with van der Waals surface area (Å²) < 4.78 is 5.27. The summed E-state index contributed by atoms with van der Waals surface area (Å²) in [6, 6.07) is 7.26. The largest absolute Gasteiger partial charge is 0.479 e. The van der Waals surface area contributed by atoms with Crippen LogP contribution in [0.1, 0.15) is 18.0 Å². The van der Waals surface area contributed by atoms with Gasteiger partial charge in [0, 0.05) is 19.7 Å². The maximum absolute atomic E-state index is 12.1. The Morgan fingerprint density at radius 3 is 2.65 bits per heavy atom. The monoisotopic (exact) mass is 278 g/mol. The zero-order chi connectivity index (χ0) is 14.4. The van der Waals surface area contributed by atoms with Crippen molar-refractivity contribution in [2.45, 2.75) is 12.5 Å². The SMILES string of the molecule is O=C(O)[C@H](NC(=O)N1CCCOCC1)c1ccccc1. The molecule has 20 heavy (non-hydrogen) atoms. The Morgan fingerprint density at radius 1 is 1.20 bits per heavy atom. The van der Waals surface area contributed by atoms with E-state index in [9.17, 15) is 14.7 Å². The number of nitrogens with one attached hydrogen (secondary N) is 1. The van der Waals surface area contributed by atoms with Gasteiger partial charge >= 0.3 is 12.0 Å². The number of nitrogens with zero attached hydrogens (tertiary/aromatic N) is 1. The first-order valence-corrected chi connectivity index (χ1v) is 6.59. The molecule has 0 radical (unpaired) electrons. The van der Waals surface area contributed by atoms with E-state index in [0.717, 1.165) is 6.42 Å². The van der Waals surface area contributed by atoms with Gasteiger partial charge in [0.05, 0.1) is 6.61 Å². The number of rotatable bonds is 3. The summed E-state index contributed by atoms with van der Waals surface area (Å²) in [7, 11) is 0. The number of carbonyl (C=O) groups excluding carboxylic acids is 1. The lowest BCUT2D eigenvalue weighted by Crippen LogP contribution is -2.44. The zero-order valence-corrected chi connectivity index (χ0v) is 11.1. The van der Waals surface area contributed by atoms with Crippen LogP contribution < -0.4 is 5.32 Å². The molecule has 1 aliphatic heterocycles. The molecule has 2 N–H and O–H groups in total. The highest BCUT2D eigenvalue weighted by Gasteiger charge is 2.25. The Bertz CT molecular complexity index is 456. The van der Waals surface area contributed by atoms with Crippen LogP contribution >= 0.6 is 0 Å². The molecule has 2 rings (SSSR count). The number of carbonyl (C=O) groups is 2. The van der Waals surface area contributed by atoms with Crippen LogP contribution in [0.5, 0.6) is 0 Å². The molecule has 0 aromatic heterocycles. The molecule has 1 aromatic carbocycles. The van der Waals surface area contributed by atoms with Crippen molar-refractivity contribution in [1.29, 1.82) is 0 Å². The van der Waals surface area contributed by atoms with Crippen LogP contribution in [0.3, 0.4) is 0 Å². The number of aliphatic carboxylic acids is 1. The van der Waals surface area contributed by atoms with E-state index < -0.39 is 12.0 Å². The molecule has 1 aliphatic rings. The van der Waals surface area contributed by atoms with Crippen LogP contribution in [-0.4, -0.2) is 48.3 Å². The van der Waals surface area contributed by atoms with Gasteiger partial charge < -0.3 is 20.1 Å². The molecule has 0 bridgehead atoms. The molecule has 0 spiro atoms. The minimum Gasteiger partial charge on any atom is -0.479 e. The van der Waals surface area contributed by atoms with E-state index in [4.69, 9.17) is 4.74 Å². The smallest absolute Gasteiger partial charge is 0.330 e. The maximum Gasteiger partial charge on any atom is 0.330 e. The van der Waals surface area contributed by atoms with E-state index in [1.165, 1.54) is 0 Å². The fourth-order valence-corrected chi connectivity index (χ4v) is 2.10. The van der Waals surface area contributed by atoms with Gasteiger partial charge in [0.1, 0.15) is 0 Å². The first-order valence-electron chi connectivity index (χ1n) is 6.59. The van der Waals surface area contributed by atoms with Crippen molar-refractivity contribution in [2.24, 2.45) is 0 Å². The predicted molar refractivity (Wildman–Crippen MR) is 72.4 cm³/mol.